The van der Waals surface area contributed by atoms with E-state index in [1.54, 1.807) is 12.1 Å². The normalized spacial score (nSPS) is 17.1. The minimum absolute atomic E-state index is 0.0971. The Morgan fingerprint density at radius 2 is 1.93 bits per heavy atom. The molecule has 1 unspecified atom stereocenters. The van der Waals surface area contributed by atoms with Gasteiger partial charge in [0.2, 0.25) is 5.91 Å². The van der Waals surface area contributed by atoms with E-state index in [1.165, 1.54) is 0 Å². The summed E-state index contributed by atoms with van der Waals surface area (Å²) in [5.41, 5.74) is 1.86. The second-order valence-electron chi connectivity index (χ2n) is 6.59. The molecule has 1 atom stereocenters. The lowest BCUT2D eigenvalue weighted by atomic mass is 10.0. The van der Waals surface area contributed by atoms with Crippen LogP contribution in [0, 0.1) is 5.92 Å². The number of hydrogen-bond donors (Lipinski definition) is 3. The average Bonchev–Trinajstić information content (AvgIpc) is 3.13. The Labute approximate surface area is 160 Å². The van der Waals surface area contributed by atoms with Gasteiger partial charge in [-0.05, 0) is 12.1 Å². The van der Waals surface area contributed by atoms with Crippen LogP contribution < -0.4 is 5.32 Å². The molecule has 1 aromatic carbocycles. The molecule has 27 heavy (non-hydrogen) atoms. The maximum absolute atomic E-state index is 12.4. The molecule has 1 aliphatic rings. The van der Waals surface area contributed by atoms with Crippen LogP contribution in [0.5, 0.6) is 0 Å². The molecule has 3 rings (SSSR count). The number of aliphatic hydroxyl groups is 1. The molecule has 0 radical (unpaired) electrons. The van der Waals surface area contributed by atoms with Gasteiger partial charge in [-0.2, -0.15) is 8.75 Å². The largest absolute Gasteiger partial charge is 0.481 e. The molecule has 2 aromatic rings. The molecular formula is C17H23N5O4S. The number of carbonyl (C=O) groups is 2. The topological polar surface area (TPSA) is 119 Å². The summed E-state index contributed by atoms with van der Waals surface area (Å²) in [6, 6.07) is 5.32. The zero-order valence-corrected chi connectivity index (χ0v) is 15.7. The van der Waals surface area contributed by atoms with Crippen molar-refractivity contribution in [3.05, 3.63) is 18.2 Å². The number of fused-ring (bicyclic) bond motifs is 1. The van der Waals surface area contributed by atoms with Crippen molar-refractivity contribution < 1.29 is 19.8 Å². The number of aliphatic hydroxyl groups excluding tert-OH is 1. The van der Waals surface area contributed by atoms with Gasteiger partial charge in [0.25, 0.3) is 0 Å². The number of carboxylic acids is 1. The third-order valence-corrected chi connectivity index (χ3v) is 5.24. The molecule has 10 heteroatoms. The fraction of sp³-hybridized carbons (Fsp3) is 0.529. The van der Waals surface area contributed by atoms with Crippen LogP contribution in [0.2, 0.25) is 0 Å². The van der Waals surface area contributed by atoms with Gasteiger partial charge in [-0.25, -0.2) is 0 Å². The van der Waals surface area contributed by atoms with E-state index in [1.807, 2.05) is 6.07 Å². The number of nitrogens with zero attached hydrogens (tertiary/aromatic N) is 4. The molecule has 3 N–H and O–H groups in total. The van der Waals surface area contributed by atoms with Crippen molar-refractivity contribution in [2.75, 3.05) is 51.2 Å². The Kier molecular flexibility index (Phi) is 6.67. The Bertz CT molecular complexity index is 790. The van der Waals surface area contributed by atoms with Gasteiger partial charge in [0.05, 0.1) is 29.9 Å². The van der Waals surface area contributed by atoms with Crippen molar-refractivity contribution in [3.8, 4) is 0 Å². The number of carboxylic acid groups (broad SMARTS) is 1. The maximum atomic E-state index is 12.4. The lowest BCUT2D eigenvalue weighted by Crippen LogP contribution is -2.49. The van der Waals surface area contributed by atoms with Gasteiger partial charge >= 0.3 is 5.97 Å². The van der Waals surface area contributed by atoms with Crippen LogP contribution in [0.3, 0.4) is 0 Å². The Morgan fingerprint density at radius 3 is 2.63 bits per heavy atom. The highest BCUT2D eigenvalue weighted by atomic mass is 32.1. The van der Waals surface area contributed by atoms with Gasteiger partial charge < -0.3 is 15.5 Å². The number of aliphatic carboxylic acids is 1. The Balaban J connectivity index is 1.55. The lowest BCUT2D eigenvalue weighted by molar-refractivity contribution is -0.144. The molecular weight excluding hydrogens is 370 g/mol. The van der Waals surface area contributed by atoms with Crippen LogP contribution in [0.1, 0.15) is 6.42 Å². The van der Waals surface area contributed by atoms with E-state index >= 15 is 0 Å². The number of amides is 1. The van der Waals surface area contributed by atoms with E-state index in [4.69, 9.17) is 5.11 Å². The zero-order valence-electron chi connectivity index (χ0n) is 14.9. The summed E-state index contributed by atoms with van der Waals surface area (Å²) in [6.45, 7) is 4.13. The predicted octanol–water partition coefficient (Wildman–Crippen LogP) is 0.331. The Morgan fingerprint density at radius 1 is 1.19 bits per heavy atom. The zero-order chi connectivity index (χ0) is 19.2. The summed E-state index contributed by atoms with van der Waals surface area (Å²) < 4.78 is 8.30. The minimum Gasteiger partial charge on any atom is -0.481 e. The SMILES string of the molecule is O=C(CC(CN1CCN(CCO)CC1)C(=O)O)Nc1cccc2nsnc12. The number of aromatic nitrogens is 2. The third kappa shape index (κ3) is 5.19. The van der Waals surface area contributed by atoms with Crippen LogP contribution in [-0.4, -0.2) is 86.5 Å². The molecule has 0 saturated carbocycles. The molecule has 0 spiro atoms. The highest BCUT2D eigenvalue weighted by Crippen LogP contribution is 2.22. The first kappa shape index (κ1) is 19.6. The van der Waals surface area contributed by atoms with Gasteiger partial charge in [-0.1, -0.05) is 6.07 Å². The quantitative estimate of drug-likeness (QED) is 0.587. The summed E-state index contributed by atoms with van der Waals surface area (Å²) in [6.07, 6.45) is -0.0971. The van der Waals surface area contributed by atoms with Gasteiger partial charge in [-0.15, -0.1) is 0 Å². The standard InChI is InChI=1S/C17H23N5O4S/c23-9-8-21-4-6-22(7-5-21)11-12(17(25)26)10-15(24)18-13-2-1-3-14-16(13)20-27-19-14/h1-3,12,23H,4-11H2,(H,18,24)(H,25,26). The molecule has 1 amide bonds. The molecule has 0 bridgehead atoms. The van der Waals surface area contributed by atoms with E-state index in [0.717, 1.165) is 37.9 Å². The number of nitrogens with one attached hydrogen (secondary N) is 1. The summed E-state index contributed by atoms with van der Waals surface area (Å²) in [7, 11) is 0. The summed E-state index contributed by atoms with van der Waals surface area (Å²) in [5, 5.41) is 21.3. The van der Waals surface area contributed by atoms with Crippen molar-refractivity contribution in [3.63, 3.8) is 0 Å². The van der Waals surface area contributed by atoms with E-state index in [0.29, 0.717) is 29.8 Å². The second kappa shape index (κ2) is 9.18. The average molecular weight is 393 g/mol. The molecule has 9 nitrogen and oxygen atoms in total. The lowest BCUT2D eigenvalue weighted by Gasteiger charge is -2.35. The molecule has 0 aliphatic carbocycles. The molecule has 2 heterocycles. The van der Waals surface area contributed by atoms with Crippen molar-refractivity contribution in [2.45, 2.75) is 6.42 Å². The van der Waals surface area contributed by atoms with Crippen molar-refractivity contribution in [1.29, 1.82) is 0 Å². The van der Waals surface area contributed by atoms with Gasteiger partial charge in [0.15, 0.2) is 0 Å². The first-order valence-electron chi connectivity index (χ1n) is 8.86. The number of carbonyl (C=O) groups excluding carboxylic acids is 1. The predicted molar refractivity (Wildman–Crippen MR) is 102 cm³/mol. The second-order valence-corrected chi connectivity index (χ2v) is 7.12. The maximum Gasteiger partial charge on any atom is 0.308 e. The third-order valence-electron chi connectivity index (χ3n) is 4.70. The number of benzene rings is 1. The number of anilines is 1. The first-order valence-corrected chi connectivity index (χ1v) is 9.59. The Hall–Kier alpha value is -2.14. The smallest absolute Gasteiger partial charge is 0.308 e. The molecule has 1 aliphatic heterocycles. The van der Waals surface area contributed by atoms with E-state index in [9.17, 15) is 14.7 Å². The monoisotopic (exact) mass is 393 g/mol. The van der Waals surface area contributed by atoms with Gasteiger partial charge in [0, 0.05) is 45.7 Å². The highest BCUT2D eigenvalue weighted by Gasteiger charge is 2.26. The van der Waals surface area contributed by atoms with Gasteiger partial charge in [-0.3, -0.25) is 19.4 Å². The van der Waals surface area contributed by atoms with Crippen molar-refractivity contribution in [2.24, 2.45) is 5.92 Å². The number of rotatable bonds is 8. The molecule has 1 saturated heterocycles. The van der Waals surface area contributed by atoms with E-state index in [-0.39, 0.29) is 18.9 Å². The number of hydrogen-bond acceptors (Lipinski definition) is 8. The summed E-state index contributed by atoms with van der Waals surface area (Å²) in [5.74, 6) is -2.10. The molecule has 1 fully saturated rings. The van der Waals surface area contributed by atoms with E-state index in [2.05, 4.69) is 23.9 Å². The first-order chi connectivity index (χ1) is 13.1. The van der Waals surface area contributed by atoms with Gasteiger partial charge in [0.1, 0.15) is 11.0 Å². The van der Waals surface area contributed by atoms with Crippen LogP contribution in [0.4, 0.5) is 5.69 Å². The van der Waals surface area contributed by atoms with Crippen LogP contribution in [0.25, 0.3) is 11.0 Å². The van der Waals surface area contributed by atoms with E-state index < -0.39 is 11.9 Å². The van der Waals surface area contributed by atoms with Crippen LogP contribution in [-0.2, 0) is 9.59 Å². The molecule has 1 aromatic heterocycles. The van der Waals surface area contributed by atoms with Crippen LogP contribution >= 0.6 is 11.7 Å². The number of piperazine rings is 1. The van der Waals surface area contributed by atoms with Crippen molar-refractivity contribution >= 4 is 40.3 Å². The fourth-order valence-electron chi connectivity index (χ4n) is 3.21. The fourth-order valence-corrected chi connectivity index (χ4v) is 3.76. The van der Waals surface area contributed by atoms with Crippen molar-refractivity contribution in [1.82, 2.24) is 18.5 Å². The minimum atomic E-state index is -0.975. The summed E-state index contributed by atoms with van der Waals surface area (Å²) in [4.78, 5) is 28.2. The van der Waals surface area contributed by atoms with Crippen LogP contribution in [0.15, 0.2) is 18.2 Å². The molecule has 146 valence electrons. The number of β-amino-alcohol motifs (C(OH)–C–C–N with tert-alkyl or cyclic N) is 1. The summed E-state index contributed by atoms with van der Waals surface area (Å²) >= 11 is 1.07. The highest BCUT2D eigenvalue weighted by molar-refractivity contribution is 7.00.